The van der Waals surface area contributed by atoms with Crippen molar-refractivity contribution in [3.63, 3.8) is 0 Å². The van der Waals surface area contributed by atoms with Crippen LogP contribution in [0, 0.1) is 20.8 Å². The molecule has 6 nitrogen and oxygen atoms in total. The third kappa shape index (κ3) is 5.94. The van der Waals surface area contributed by atoms with E-state index in [1.54, 1.807) is 12.1 Å². The number of nitrogens with one attached hydrogen (secondary N) is 1. The fourth-order valence-electron chi connectivity index (χ4n) is 7.29. The zero-order chi connectivity index (χ0) is 36.9. The third-order valence-electron chi connectivity index (χ3n) is 10.1. The topological polar surface area (TPSA) is 93.0 Å². The Morgan fingerprint density at radius 3 is 1.33 bits per heavy atom. The Bertz CT molecular complexity index is 2690. The van der Waals surface area contributed by atoms with Gasteiger partial charge in [0.05, 0.1) is 28.3 Å². The summed E-state index contributed by atoms with van der Waals surface area (Å²) in [5, 5.41) is 9.68. The first-order valence-electron chi connectivity index (χ1n) is 17.9. The number of benzene rings is 4. The lowest BCUT2D eigenvalue weighted by molar-refractivity contribution is 0.0697. The van der Waals surface area contributed by atoms with Gasteiger partial charge in [-0.25, -0.2) is 14.8 Å². The number of hydrogen-bond donors (Lipinski definition) is 2. The molecular formula is C48H35N4O2-. The number of nitrogens with zero attached hydrogens (tertiary/aromatic N) is 3. The minimum atomic E-state index is -0.971. The molecule has 0 aliphatic carbocycles. The number of aromatic nitrogens is 4. The van der Waals surface area contributed by atoms with Gasteiger partial charge in [-0.05, 0) is 103 Å². The van der Waals surface area contributed by atoms with E-state index in [2.05, 4.69) is 135 Å². The first-order valence-corrected chi connectivity index (χ1v) is 17.9. The molecule has 2 aliphatic rings. The van der Waals surface area contributed by atoms with Crippen molar-refractivity contribution in [2.45, 2.75) is 20.8 Å². The van der Waals surface area contributed by atoms with E-state index in [9.17, 15) is 9.90 Å². The molecule has 54 heavy (non-hydrogen) atoms. The lowest BCUT2D eigenvalue weighted by Gasteiger charge is -2.12. The average molecular weight is 700 g/mol. The molecule has 4 aromatic carbocycles. The monoisotopic (exact) mass is 699 g/mol. The van der Waals surface area contributed by atoms with Gasteiger partial charge in [-0.1, -0.05) is 114 Å². The van der Waals surface area contributed by atoms with Crippen LogP contribution in [-0.2, 0) is 0 Å². The summed E-state index contributed by atoms with van der Waals surface area (Å²) in [5.74, 6) is -0.971. The molecule has 5 heterocycles. The molecule has 8 bridgehead atoms. The van der Waals surface area contributed by atoms with Crippen molar-refractivity contribution in [1.29, 1.82) is 0 Å². The number of aryl methyl sites for hydroxylation is 3. The van der Waals surface area contributed by atoms with Gasteiger partial charge in [-0.2, -0.15) is 0 Å². The number of carboxylic acids is 1. The predicted octanol–water partition coefficient (Wildman–Crippen LogP) is 11.6. The molecule has 6 heteroatoms. The van der Waals surface area contributed by atoms with Gasteiger partial charge in [0.2, 0.25) is 0 Å². The lowest BCUT2D eigenvalue weighted by Crippen LogP contribution is -1.95. The van der Waals surface area contributed by atoms with Gasteiger partial charge in [-0.15, -0.1) is 11.0 Å². The Morgan fingerprint density at radius 2 is 0.833 bits per heavy atom. The summed E-state index contributed by atoms with van der Waals surface area (Å²) in [4.78, 5) is 31.6. The zero-order valence-corrected chi connectivity index (χ0v) is 30.1. The average Bonchev–Trinajstić information content (AvgIpc) is 4.02. The van der Waals surface area contributed by atoms with Gasteiger partial charge in [0.15, 0.2) is 0 Å². The Kier molecular flexibility index (Phi) is 8.01. The van der Waals surface area contributed by atoms with Crippen LogP contribution in [0.4, 0.5) is 0 Å². The number of carbonyl (C=O) groups is 1. The van der Waals surface area contributed by atoms with E-state index >= 15 is 0 Å². The van der Waals surface area contributed by atoms with Gasteiger partial charge in [0.25, 0.3) is 0 Å². The normalized spacial score (nSPS) is 12.0. The van der Waals surface area contributed by atoms with Gasteiger partial charge in [0, 0.05) is 22.2 Å². The van der Waals surface area contributed by atoms with E-state index < -0.39 is 5.97 Å². The maximum absolute atomic E-state index is 11.8. The van der Waals surface area contributed by atoms with Crippen LogP contribution in [0.3, 0.4) is 0 Å². The van der Waals surface area contributed by atoms with Crippen LogP contribution in [0.5, 0.6) is 0 Å². The van der Waals surface area contributed by atoms with Gasteiger partial charge >= 0.3 is 5.97 Å². The largest absolute Gasteiger partial charge is 0.657 e. The fraction of sp³-hybridized carbons (Fsp3) is 0.0625. The highest BCUT2D eigenvalue weighted by molar-refractivity contribution is 6.00. The number of carboxylic acid groups (broad SMARTS) is 1. The summed E-state index contributed by atoms with van der Waals surface area (Å²) in [6.07, 6.45) is 8.33. The highest BCUT2D eigenvalue weighted by Crippen LogP contribution is 2.38. The Labute approximate surface area is 312 Å². The molecule has 0 spiro atoms. The quantitative estimate of drug-likeness (QED) is 0.186. The maximum atomic E-state index is 11.8. The van der Waals surface area contributed by atoms with Crippen molar-refractivity contribution in [3.05, 3.63) is 166 Å². The first kappa shape index (κ1) is 32.8. The molecular weight excluding hydrogens is 665 g/mol. The van der Waals surface area contributed by atoms with Crippen LogP contribution >= 0.6 is 0 Å². The van der Waals surface area contributed by atoms with E-state index in [4.69, 9.17) is 15.0 Å². The molecule has 2 N–H and O–H groups in total. The minimum Gasteiger partial charge on any atom is -0.657 e. The van der Waals surface area contributed by atoms with Crippen molar-refractivity contribution in [1.82, 2.24) is 19.9 Å². The van der Waals surface area contributed by atoms with Crippen LogP contribution in [0.25, 0.3) is 90.9 Å². The van der Waals surface area contributed by atoms with Crippen molar-refractivity contribution in [3.8, 4) is 44.5 Å². The fourth-order valence-corrected chi connectivity index (χ4v) is 7.29. The second kappa shape index (κ2) is 13.2. The number of fused-ring (bicyclic) bond motifs is 8. The van der Waals surface area contributed by atoms with E-state index in [-0.39, 0.29) is 5.56 Å². The SMILES string of the molecule is Cc1ccc(-c2c3nc(c(-c4ccc(C)cc4)c4ccc([n-]4)c(-c4ccc(C(=O)O)cc4)c4ccc([nH]4)c(-c4ccc(C)cc4)c4nc2C=C4)C=C3)cc1. The summed E-state index contributed by atoms with van der Waals surface area (Å²) in [5.41, 5.74) is 17.9. The summed E-state index contributed by atoms with van der Waals surface area (Å²) in [7, 11) is 0. The van der Waals surface area contributed by atoms with E-state index in [0.29, 0.717) is 0 Å². The van der Waals surface area contributed by atoms with E-state index in [1.807, 2.05) is 24.3 Å². The number of hydrogen-bond acceptors (Lipinski definition) is 3. The van der Waals surface area contributed by atoms with Crippen molar-refractivity contribution >= 4 is 52.3 Å². The molecule has 0 unspecified atom stereocenters. The Balaban J connectivity index is 1.45. The smallest absolute Gasteiger partial charge is 0.335 e. The van der Waals surface area contributed by atoms with Gasteiger partial charge in [-0.3, -0.25) is 0 Å². The molecule has 0 atom stereocenters. The van der Waals surface area contributed by atoms with Crippen molar-refractivity contribution < 1.29 is 9.90 Å². The number of aromatic amines is 1. The van der Waals surface area contributed by atoms with Gasteiger partial charge in [0.1, 0.15) is 0 Å². The molecule has 0 radical (unpaired) electrons. The molecule has 3 aromatic heterocycles. The van der Waals surface area contributed by atoms with Crippen LogP contribution < -0.4 is 4.98 Å². The molecule has 7 aromatic rings. The molecule has 0 amide bonds. The van der Waals surface area contributed by atoms with Crippen molar-refractivity contribution in [2.75, 3.05) is 0 Å². The van der Waals surface area contributed by atoms with Crippen LogP contribution in [0.1, 0.15) is 49.8 Å². The van der Waals surface area contributed by atoms with E-state index in [1.165, 1.54) is 11.1 Å². The standard InChI is InChI=1S/C48H36N4O2/c1-28-4-10-31(11-5-28)44-36-20-22-38(49-36)45(32-12-6-29(2)7-13-32)40-24-26-42(51-40)47(34-16-18-35(19-17-34)48(53)54)43-27-25-41(52-43)46(39-23-21-37(44)50-39)33-14-8-30(3)9-15-33/h4-27H,1-3H3,(H3,49,50,51,52,53,54)/p-1. The second-order valence-corrected chi connectivity index (χ2v) is 13.9. The van der Waals surface area contributed by atoms with Crippen LogP contribution in [-0.4, -0.2) is 26.0 Å². The van der Waals surface area contributed by atoms with Crippen LogP contribution in [0.15, 0.2) is 121 Å². The highest BCUT2D eigenvalue weighted by Gasteiger charge is 2.18. The molecule has 9 rings (SSSR count). The maximum Gasteiger partial charge on any atom is 0.335 e. The second-order valence-electron chi connectivity index (χ2n) is 13.9. The predicted molar refractivity (Wildman–Crippen MR) is 221 cm³/mol. The summed E-state index contributed by atoms with van der Waals surface area (Å²) in [6.45, 7) is 6.26. The zero-order valence-electron chi connectivity index (χ0n) is 30.1. The van der Waals surface area contributed by atoms with Crippen molar-refractivity contribution in [2.24, 2.45) is 0 Å². The molecule has 0 saturated carbocycles. The minimum absolute atomic E-state index is 0.221. The molecule has 0 fully saturated rings. The van der Waals surface area contributed by atoms with Gasteiger partial charge < -0.3 is 15.1 Å². The number of aromatic carboxylic acids is 1. The Hall–Kier alpha value is -7.05. The first-order chi connectivity index (χ1) is 26.3. The Morgan fingerprint density at radius 1 is 0.463 bits per heavy atom. The highest BCUT2D eigenvalue weighted by atomic mass is 16.4. The summed E-state index contributed by atoms with van der Waals surface area (Å²) >= 11 is 0. The number of rotatable bonds is 5. The summed E-state index contributed by atoms with van der Waals surface area (Å²) < 4.78 is 0. The number of H-pyrrole nitrogens is 1. The molecule has 2 aliphatic heterocycles. The third-order valence-corrected chi connectivity index (χ3v) is 10.1. The molecule has 260 valence electrons. The van der Waals surface area contributed by atoms with Crippen LogP contribution in [0.2, 0.25) is 0 Å². The molecule has 0 saturated heterocycles. The lowest BCUT2D eigenvalue weighted by atomic mass is 10.0. The summed E-state index contributed by atoms with van der Waals surface area (Å²) in [6, 6.07) is 40.7. The van der Waals surface area contributed by atoms with E-state index in [0.717, 1.165) is 94.9 Å².